The Kier molecular flexibility index (Phi) is 4.02. The van der Waals surface area contributed by atoms with Crippen molar-refractivity contribution in [1.82, 2.24) is 0 Å². The highest BCUT2D eigenvalue weighted by Gasteiger charge is 2.13. The van der Waals surface area contributed by atoms with E-state index in [2.05, 4.69) is 10.1 Å². The number of nitrogens with one attached hydrogen (secondary N) is 1. The number of nitrogens with two attached hydrogens (primary N) is 1. The van der Waals surface area contributed by atoms with Crippen LogP contribution in [0.5, 0.6) is 0 Å². The van der Waals surface area contributed by atoms with Crippen LogP contribution in [0.15, 0.2) is 30.3 Å². The summed E-state index contributed by atoms with van der Waals surface area (Å²) in [7, 11) is 1.21. The van der Waals surface area contributed by atoms with E-state index in [0.29, 0.717) is 12.1 Å². The minimum atomic E-state index is -1.30. The summed E-state index contributed by atoms with van der Waals surface area (Å²) in [6.07, 6.45) is 0. The van der Waals surface area contributed by atoms with Crippen LogP contribution in [0.4, 0.5) is 30.2 Å². The lowest BCUT2D eigenvalue weighted by Crippen LogP contribution is -2.05. The molecule has 0 unspecified atom stereocenters. The van der Waals surface area contributed by atoms with Gasteiger partial charge in [0.05, 0.1) is 29.7 Å². The van der Waals surface area contributed by atoms with Gasteiger partial charge in [-0.2, -0.15) is 0 Å². The van der Waals surface area contributed by atoms with Gasteiger partial charge in [-0.05, 0) is 18.2 Å². The SMILES string of the molecule is COC(=O)c1ccc(N)c(Nc2cc(F)c(F)cc2F)c1. The van der Waals surface area contributed by atoms with Crippen LogP contribution in [0.3, 0.4) is 0 Å². The molecule has 0 saturated carbocycles. The van der Waals surface area contributed by atoms with Gasteiger partial charge in [0, 0.05) is 12.1 Å². The number of carbonyl (C=O) groups excluding carboxylic acids is 1. The van der Waals surface area contributed by atoms with E-state index in [4.69, 9.17) is 5.73 Å². The Labute approximate surface area is 118 Å². The number of halogens is 3. The minimum absolute atomic E-state index is 0.169. The number of methoxy groups -OCH3 is 1. The molecule has 0 spiro atoms. The molecule has 0 aromatic heterocycles. The van der Waals surface area contributed by atoms with Crippen molar-refractivity contribution in [2.75, 3.05) is 18.2 Å². The summed E-state index contributed by atoms with van der Waals surface area (Å²) < 4.78 is 44.1. The van der Waals surface area contributed by atoms with E-state index in [0.717, 1.165) is 0 Å². The van der Waals surface area contributed by atoms with Gasteiger partial charge in [0.1, 0.15) is 5.82 Å². The van der Waals surface area contributed by atoms with E-state index < -0.39 is 23.4 Å². The number of ether oxygens (including phenoxy) is 1. The summed E-state index contributed by atoms with van der Waals surface area (Å²) in [6.45, 7) is 0. The first-order chi connectivity index (χ1) is 9.92. The first-order valence-electron chi connectivity index (χ1n) is 5.81. The fourth-order valence-electron chi connectivity index (χ4n) is 1.67. The van der Waals surface area contributed by atoms with Gasteiger partial charge in [-0.15, -0.1) is 0 Å². The highest BCUT2D eigenvalue weighted by Crippen LogP contribution is 2.27. The van der Waals surface area contributed by atoms with Crippen LogP contribution in [0.1, 0.15) is 10.4 Å². The zero-order chi connectivity index (χ0) is 15.6. The molecule has 0 aliphatic heterocycles. The molecule has 0 amide bonds. The molecule has 0 aliphatic rings. The molecule has 0 fully saturated rings. The molecule has 21 heavy (non-hydrogen) atoms. The average molecular weight is 296 g/mol. The number of nitrogen functional groups attached to an aromatic ring is 1. The molecule has 0 radical (unpaired) electrons. The van der Waals surface area contributed by atoms with Crippen molar-refractivity contribution < 1.29 is 22.7 Å². The number of hydrogen-bond donors (Lipinski definition) is 2. The lowest BCUT2D eigenvalue weighted by molar-refractivity contribution is 0.0601. The second kappa shape index (κ2) is 5.74. The van der Waals surface area contributed by atoms with Crippen molar-refractivity contribution in [1.29, 1.82) is 0 Å². The number of rotatable bonds is 3. The highest BCUT2D eigenvalue weighted by atomic mass is 19.2. The Morgan fingerprint density at radius 1 is 1.05 bits per heavy atom. The van der Waals surface area contributed by atoms with Crippen LogP contribution in [-0.2, 0) is 4.74 Å². The van der Waals surface area contributed by atoms with E-state index in [9.17, 15) is 18.0 Å². The van der Waals surface area contributed by atoms with Gasteiger partial charge in [0.25, 0.3) is 0 Å². The summed E-state index contributed by atoms with van der Waals surface area (Å²) >= 11 is 0. The van der Waals surface area contributed by atoms with Gasteiger partial charge in [-0.1, -0.05) is 0 Å². The summed E-state index contributed by atoms with van der Waals surface area (Å²) in [5.41, 5.74) is 5.94. The lowest BCUT2D eigenvalue weighted by Gasteiger charge is -2.12. The first kappa shape index (κ1) is 14.7. The quantitative estimate of drug-likeness (QED) is 0.518. The van der Waals surface area contributed by atoms with Crippen molar-refractivity contribution in [2.24, 2.45) is 0 Å². The standard InChI is InChI=1S/C14H11F3N2O2/c1-21-14(20)7-2-3-11(18)13(4-7)19-12-6-9(16)8(15)5-10(12)17/h2-6,19H,18H2,1H3. The Bertz CT molecular complexity index is 705. The van der Waals surface area contributed by atoms with Gasteiger partial charge in [0.15, 0.2) is 11.6 Å². The molecule has 0 bridgehead atoms. The predicted octanol–water partition coefficient (Wildman–Crippen LogP) is 3.22. The smallest absolute Gasteiger partial charge is 0.337 e. The fourth-order valence-corrected chi connectivity index (χ4v) is 1.67. The van der Waals surface area contributed by atoms with Crippen LogP contribution in [0, 0.1) is 17.5 Å². The number of esters is 1. The van der Waals surface area contributed by atoms with Gasteiger partial charge in [-0.25, -0.2) is 18.0 Å². The molecule has 2 aromatic rings. The molecular weight excluding hydrogens is 285 g/mol. The second-order valence-corrected chi connectivity index (χ2v) is 4.16. The molecule has 0 aliphatic carbocycles. The molecule has 2 aromatic carbocycles. The Balaban J connectivity index is 2.39. The third kappa shape index (κ3) is 3.07. The van der Waals surface area contributed by atoms with Crippen LogP contribution in [0.25, 0.3) is 0 Å². The van der Waals surface area contributed by atoms with Crippen LogP contribution < -0.4 is 11.1 Å². The summed E-state index contributed by atoms with van der Waals surface area (Å²) in [5.74, 6) is -4.10. The number of anilines is 3. The van der Waals surface area contributed by atoms with Crippen molar-refractivity contribution in [2.45, 2.75) is 0 Å². The third-order valence-corrected chi connectivity index (χ3v) is 2.75. The van der Waals surface area contributed by atoms with Crippen molar-refractivity contribution in [3.63, 3.8) is 0 Å². The zero-order valence-electron chi connectivity index (χ0n) is 10.9. The molecule has 0 atom stereocenters. The van der Waals surface area contributed by atoms with Gasteiger partial charge >= 0.3 is 5.97 Å². The van der Waals surface area contributed by atoms with E-state index in [-0.39, 0.29) is 22.6 Å². The van der Waals surface area contributed by atoms with Crippen molar-refractivity contribution >= 4 is 23.0 Å². The number of hydrogen-bond acceptors (Lipinski definition) is 4. The molecule has 110 valence electrons. The molecular formula is C14H11F3N2O2. The topological polar surface area (TPSA) is 64.3 Å². The summed E-state index contributed by atoms with van der Waals surface area (Å²) in [6, 6.07) is 5.23. The molecule has 2 rings (SSSR count). The van der Waals surface area contributed by atoms with Gasteiger partial charge in [0.2, 0.25) is 0 Å². The number of benzene rings is 2. The minimum Gasteiger partial charge on any atom is -0.465 e. The maximum Gasteiger partial charge on any atom is 0.337 e. The third-order valence-electron chi connectivity index (χ3n) is 2.75. The van der Waals surface area contributed by atoms with E-state index in [1.807, 2.05) is 0 Å². The van der Waals surface area contributed by atoms with Gasteiger partial charge < -0.3 is 15.8 Å². The largest absolute Gasteiger partial charge is 0.465 e. The van der Waals surface area contributed by atoms with Crippen molar-refractivity contribution in [3.05, 3.63) is 53.3 Å². The summed E-state index contributed by atoms with van der Waals surface area (Å²) in [4.78, 5) is 11.4. The Morgan fingerprint density at radius 3 is 2.38 bits per heavy atom. The molecule has 3 N–H and O–H groups in total. The first-order valence-corrected chi connectivity index (χ1v) is 5.81. The van der Waals surface area contributed by atoms with Gasteiger partial charge in [-0.3, -0.25) is 0 Å². The fraction of sp³-hybridized carbons (Fsp3) is 0.0714. The van der Waals surface area contributed by atoms with Crippen LogP contribution in [0.2, 0.25) is 0 Å². The maximum absolute atomic E-state index is 13.6. The van der Waals surface area contributed by atoms with Crippen LogP contribution >= 0.6 is 0 Å². The normalized spacial score (nSPS) is 10.3. The summed E-state index contributed by atoms with van der Waals surface area (Å²) in [5, 5.41) is 2.51. The zero-order valence-corrected chi connectivity index (χ0v) is 10.9. The average Bonchev–Trinajstić information content (AvgIpc) is 2.46. The molecule has 7 heteroatoms. The highest BCUT2D eigenvalue weighted by molar-refractivity contribution is 5.92. The molecule has 4 nitrogen and oxygen atoms in total. The Morgan fingerprint density at radius 2 is 1.71 bits per heavy atom. The lowest BCUT2D eigenvalue weighted by atomic mass is 10.1. The monoisotopic (exact) mass is 296 g/mol. The predicted molar refractivity (Wildman–Crippen MR) is 71.8 cm³/mol. The Hall–Kier alpha value is -2.70. The van der Waals surface area contributed by atoms with Crippen molar-refractivity contribution in [3.8, 4) is 0 Å². The van der Waals surface area contributed by atoms with E-state index in [1.165, 1.54) is 25.3 Å². The molecule has 0 heterocycles. The van der Waals surface area contributed by atoms with E-state index >= 15 is 0 Å². The van der Waals surface area contributed by atoms with Crippen LogP contribution in [-0.4, -0.2) is 13.1 Å². The van der Waals surface area contributed by atoms with E-state index in [1.54, 1.807) is 0 Å². The maximum atomic E-state index is 13.6. The molecule has 0 saturated heterocycles. The number of carbonyl (C=O) groups is 1. The second-order valence-electron chi connectivity index (χ2n) is 4.16.